The van der Waals surface area contributed by atoms with E-state index in [1.807, 2.05) is 6.92 Å². The molecule has 0 saturated carbocycles. The monoisotopic (exact) mass is 398 g/mol. The van der Waals surface area contributed by atoms with Crippen LogP contribution < -0.4 is 10.1 Å². The number of amides is 1. The van der Waals surface area contributed by atoms with E-state index in [0.717, 1.165) is 5.56 Å². The predicted molar refractivity (Wildman–Crippen MR) is 108 cm³/mol. The molecule has 0 radical (unpaired) electrons. The summed E-state index contributed by atoms with van der Waals surface area (Å²) in [5.41, 5.74) is 2.01. The molecule has 2 aromatic rings. The SMILES string of the molecule is Cc1cc(O)ccc1N=C1NC(=O)/C(=C\c2ccccc2OC(C)C(=O)O)S1. The van der Waals surface area contributed by atoms with Gasteiger partial charge in [0.25, 0.3) is 5.91 Å². The Kier molecular flexibility index (Phi) is 5.70. The summed E-state index contributed by atoms with van der Waals surface area (Å²) in [5.74, 6) is -0.856. The Morgan fingerprint density at radius 2 is 2.04 bits per heavy atom. The zero-order valence-electron chi connectivity index (χ0n) is 15.2. The fourth-order valence-corrected chi connectivity index (χ4v) is 3.27. The lowest BCUT2D eigenvalue weighted by atomic mass is 10.2. The molecule has 0 bridgehead atoms. The van der Waals surface area contributed by atoms with Gasteiger partial charge in [-0.3, -0.25) is 4.79 Å². The average molecular weight is 398 g/mol. The van der Waals surface area contributed by atoms with Gasteiger partial charge in [-0.1, -0.05) is 18.2 Å². The maximum absolute atomic E-state index is 12.3. The first-order valence-electron chi connectivity index (χ1n) is 8.41. The minimum atomic E-state index is -1.07. The summed E-state index contributed by atoms with van der Waals surface area (Å²) in [6.07, 6.45) is 0.620. The molecule has 0 aliphatic carbocycles. The van der Waals surface area contributed by atoms with Crippen molar-refractivity contribution in [2.24, 2.45) is 4.99 Å². The summed E-state index contributed by atoms with van der Waals surface area (Å²) < 4.78 is 5.46. The van der Waals surface area contributed by atoms with E-state index in [1.54, 1.807) is 42.5 Å². The van der Waals surface area contributed by atoms with E-state index in [-0.39, 0.29) is 11.7 Å². The number of carbonyl (C=O) groups is 2. The summed E-state index contributed by atoms with van der Waals surface area (Å²) in [6.45, 7) is 3.25. The zero-order valence-corrected chi connectivity index (χ0v) is 16.0. The van der Waals surface area contributed by atoms with Gasteiger partial charge in [0, 0.05) is 5.56 Å². The van der Waals surface area contributed by atoms with Crippen LogP contribution in [0.1, 0.15) is 18.1 Å². The third-order valence-electron chi connectivity index (χ3n) is 3.91. The molecule has 1 heterocycles. The van der Waals surface area contributed by atoms with E-state index < -0.39 is 12.1 Å². The van der Waals surface area contributed by atoms with E-state index in [0.29, 0.717) is 27.1 Å². The first-order valence-corrected chi connectivity index (χ1v) is 9.23. The van der Waals surface area contributed by atoms with E-state index in [1.165, 1.54) is 24.8 Å². The predicted octanol–water partition coefficient (Wildman–Crippen LogP) is 3.44. The number of phenols is 1. The fraction of sp³-hybridized carbons (Fsp3) is 0.150. The van der Waals surface area contributed by atoms with E-state index in [9.17, 15) is 14.7 Å². The normalized spacial score (nSPS) is 17.6. The molecule has 1 aliphatic rings. The van der Waals surface area contributed by atoms with Gasteiger partial charge in [0.2, 0.25) is 0 Å². The van der Waals surface area contributed by atoms with Crippen molar-refractivity contribution in [3.63, 3.8) is 0 Å². The minimum absolute atomic E-state index is 0.150. The molecule has 2 aromatic carbocycles. The first-order chi connectivity index (χ1) is 13.3. The first kappa shape index (κ1) is 19.5. The highest BCUT2D eigenvalue weighted by molar-refractivity contribution is 8.18. The molecule has 7 nitrogen and oxygen atoms in total. The summed E-state index contributed by atoms with van der Waals surface area (Å²) in [4.78, 5) is 28.2. The number of nitrogens with zero attached hydrogens (tertiary/aromatic N) is 1. The molecule has 3 N–H and O–H groups in total. The molecule has 1 saturated heterocycles. The molecular formula is C20H18N2O5S. The van der Waals surface area contributed by atoms with Gasteiger partial charge in [-0.2, -0.15) is 0 Å². The largest absolute Gasteiger partial charge is 0.508 e. The lowest BCUT2D eigenvalue weighted by Crippen LogP contribution is -2.23. The number of aryl methyl sites for hydroxylation is 1. The van der Waals surface area contributed by atoms with Crippen molar-refractivity contribution in [3.8, 4) is 11.5 Å². The smallest absolute Gasteiger partial charge is 0.344 e. The van der Waals surface area contributed by atoms with E-state index in [2.05, 4.69) is 10.3 Å². The number of carboxylic acid groups (broad SMARTS) is 1. The van der Waals surface area contributed by atoms with Gasteiger partial charge in [0.15, 0.2) is 11.3 Å². The Labute approximate surface area is 165 Å². The second-order valence-corrected chi connectivity index (χ2v) is 7.12. The topological polar surface area (TPSA) is 108 Å². The standard InChI is InChI=1S/C20H18N2O5S/c1-11-9-14(23)7-8-15(11)21-20-22-18(24)17(28-20)10-13-5-3-4-6-16(13)27-12(2)19(25)26/h3-10,12,23H,1-2H3,(H,25,26)(H,21,22,24)/b17-10+. The molecule has 1 fully saturated rings. The molecule has 1 aliphatic heterocycles. The molecular weight excluding hydrogens is 380 g/mol. The van der Waals surface area contributed by atoms with Crippen LogP contribution in [0.25, 0.3) is 6.08 Å². The number of ether oxygens (including phenoxy) is 1. The quantitative estimate of drug-likeness (QED) is 0.666. The highest BCUT2D eigenvalue weighted by Gasteiger charge is 2.25. The number of hydrogen-bond acceptors (Lipinski definition) is 6. The van der Waals surface area contributed by atoms with E-state index >= 15 is 0 Å². The Morgan fingerprint density at radius 1 is 1.29 bits per heavy atom. The fourth-order valence-electron chi connectivity index (χ4n) is 2.44. The van der Waals surface area contributed by atoms with Crippen molar-refractivity contribution >= 4 is 40.6 Å². The molecule has 0 spiro atoms. The van der Waals surface area contributed by atoms with Crippen LogP contribution in [0, 0.1) is 6.92 Å². The van der Waals surface area contributed by atoms with Gasteiger partial charge in [-0.05, 0) is 61.5 Å². The summed E-state index contributed by atoms with van der Waals surface area (Å²) in [5, 5.41) is 21.6. The average Bonchev–Trinajstić information content (AvgIpc) is 2.98. The van der Waals surface area contributed by atoms with Crippen LogP contribution in [0.2, 0.25) is 0 Å². The second kappa shape index (κ2) is 8.18. The Bertz CT molecular complexity index is 1000. The second-order valence-electron chi connectivity index (χ2n) is 6.09. The number of para-hydroxylation sites is 1. The number of benzene rings is 2. The minimum Gasteiger partial charge on any atom is -0.508 e. The van der Waals surface area contributed by atoms with E-state index in [4.69, 9.17) is 9.84 Å². The van der Waals surface area contributed by atoms with Crippen LogP contribution in [-0.2, 0) is 9.59 Å². The lowest BCUT2D eigenvalue weighted by molar-refractivity contribution is -0.144. The summed E-state index contributed by atoms with van der Waals surface area (Å²) in [7, 11) is 0. The van der Waals surface area contributed by atoms with Crippen LogP contribution in [0.4, 0.5) is 5.69 Å². The number of aliphatic carboxylic acids is 1. The number of carbonyl (C=O) groups excluding carboxylic acids is 1. The number of aliphatic imine (C=N–C) groups is 1. The lowest BCUT2D eigenvalue weighted by Gasteiger charge is -2.12. The highest BCUT2D eigenvalue weighted by Crippen LogP contribution is 2.32. The number of phenolic OH excluding ortho intramolecular Hbond substituents is 1. The number of carboxylic acids is 1. The molecule has 8 heteroatoms. The number of aromatic hydroxyl groups is 1. The van der Waals surface area contributed by atoms with Gasteiger partial charge in [0.1, 0.15) is 11.5 Å². The number of hydrogen-bond donors (Lipinski definition) is 3. The van der Waals surface area contributed by atoms with Gasteiger partial charge < -0.3 is 20.3 Å². The Morgan fingerprint density at radius 3 is 2.75 bits per heavy atom. The van der Waals surface area contributed by atoms with Gasteiger partial charge in [-0.15, -0.1) is 0 Å². The zero-order chi connectivity index (χ0) is 20.3. The van der Waals surface area contributed by atoms with Crippen molar-refractivity contribution in [2.45, 2.75) is 20.0 Å². The van der Waals surface area contributed by atoms with Crippen molar-refractivity contribution < 1.29 is 24.5 Å². The van der Waals surface area contributed by atoms with Crippen molar-refractivity contribution in [3.05, 3.63) is 58.5 Å². The summed E-state index contributed by atoms with van der Waals surface area (Å²) in [6, 6.07) is 11.7. The molecule has 28 heavy (non-hydrogen) atoms. The molecule has 0 aromatic heterocycles. The van der Waals surface area contributed by atoms with Crippen LogP contribution in [0.15, 0.2) is 52.4 Å². The van der Waals surface area contributed by atoms with Crippen LogP contribution >= 0.6 is 11.8 Å². The maximum atomic E-state index is 12.3. The molecule has 1 atom stereocenters. The molecule has 1 amide bonds. The van der Waals surface area contributed by atoms with Crippen LogP contribution in [0.5, 0.6) is 11.5 Å². The summed E-state index contributed by atoms with van der Waals surface area (Å²) >= 11 is 1.17. The molecule has 144 valence electrons. The van der Waals surface area contributed by atoms with Crippen molar-refractivity contribution in [1.29, 1.82) is 0 Å². The number of nitrogens with one attached hydrogen (secondary N) is 1. The van der Waals surface area contributed by atoms with Gasteiger partial charge >= 0.3 is 5.97 Å². The third-order valence-corrected chi connectivity index (χ3v) is 4.82. The van der Waals surface area contributed by atoms with Crippen LogP contribution in [0.3, 0.4) is 0 Å². The highest BCUT2D eigenvalue weighted by atomic mass is 32.2. The van der Waals surface area contributed by atoms with Gasteiger partial charge in [0.05, 0.1) is 10.6 Å². The van der Waals surface area contributed by atoms with Gasteiger partial charge in [-0.25, -0.2) is 9.79 Å². The number of rotatable bonds is 5. The maximum Gasteiger partial charge on any atom is 0.344 e. The van der Waals surface area contributed by atoms with Crippen LogP contribution in [-0.4, -0.2) is 33.4 Å². The molecule has 1 unspecified atom stereocenters. The molecule has 3 rings (SSSR count). The number of thioether (sulfide) groups is 1. The van der Waals surface area contributed by atoms with Crippen molar-refractivity contribution in [1.82, 2.24) is 5.32 Å². The van der Waals surface area contributed by atoms with Crippen molar-refractivity contribution in [2.75, 3.05) is 0 Å². The Balaban J connectivity index is 1.85. The number of amidine groups is 1. The Hall–Kier alpha value is -3.26. The third kappa shape index (κ3) is 4.52.